The molecule has 0 spiro atoms. The standard InChI is InChI=1S/C24H25N3O3S2/c1-3-30-19-10-6-16(7-11-19)21-14-31-24(26-21)27-22(28)15(2)32-20-12-8-18(9-13-20)25-23(29)17-4-5-17/h6-15,17H,3-5H2,1-2H3,(H,25,29)(H,26,27,28). The van der Waals surface area contributed by atoms with E-state index in [0.717, 1.165) is 40.4 Å². The van der Waals surface area contributed by atoms with Gasteiger partial charge >= 0.3 is 0 Å². The Bertz CT molecular complexity index is 1080. The van der Waals surface area contributed by atoms with Crippen LogP contribution in [0.1, 0.15) is 26.7 Å². The lowest BCUT2D eigenvalue weighted by atomic mass is 10.2. The zero-order chi connectivity index (χ0) is 22.5. The van der Waals surface area contributed by atoms with Gasteiger partial charge in [0.05, 0.1) is 17.6 Å². The Labute approximate surface area is 195 Å². The van der Waals surface area contributed by atoms with E-state index < -0.39 is 0 Å². The summed E-state index contributed by atoms with van der Waals surface area (Å²) in [7, 11) is 0. The molecule has 2 aromatic carbocycles. The molecule has 1 heterocycles. The zero-order valence-electron chi connectivity index (χ0n) is 18.0. The number of thioether (sulfide) groups is 1. The fraction of sp³-hybridized carbons (Fsp3) is 0.292. The summed E-state index contributed by atoms with van der Waals surface area (Å²) in [5.41, 5.74) is 2.58. The minimum Gasteiger partial charge on any atom is -0.494 e. The van der Waals surface area contributed by atoms with Crippen LogP contribution in [0.2, 0.25) is 0 Å². The van der Waals surface area contributed by atoms with Gasteiger partial charge < -0.3 is 15.4 Å². The van der Waals surface area contributed by atoms with E-state index in [-0.39, 0.29) is 23.0 Å². The van der Waals surface area contributed by atoms with E-state index in [0.29, 0.717) is 11.7 Å². The maximum absolute atomic E-state index is 12.6. The third-order valence-electron chi connectivity index (χ3n) is 4.95. The first-order valence-corrected chi connectivity index (χ1v) is 12.3. The van der Waals surface area contributed by atoms with Crippen molar-refractivity contribution in [3.63, 3.8) is 0 Å². The molecule has 166 valence electrons. The molecule has 1 fully saturated rings. The van der Waals surface area contributed by atoms with Gasteiger partial charge in [-0.2, -0.15) is 0 Å². The lowest BCUT2D eigenvalue weighted by molar-refractivity contribution is -0.117. The maximum atomic E-state index is 12.6. The highest BCUT2D eigenvalue weighted by molar-refractivity contribution is 8.00. The number of ether oxygens (including phenoxy) is 1. The third kappa shape index (κ3) is 5.89. The summed E-state index contributed by atoms with van der Waals surface area (Å²) in [5.74, 6) is 0.984. The number of anilines is 2. The minimum atomic E-state index is -0.292. The van der Waals surface area contributed by atoms with Gasteiger partial charge in [0, 0.05) is 27.4 Å². The second kappa shape index (κ2) is 10.2. The molecule has 0 aliphatic heterocycles. The summed E-state index contributed by atoms with van der Waals surface area (Å²) in [6.07, 6.45) is 1.96. The number of amides is 2. The number of rotatable bonds is 9. The fourth-order valence-corrected chi connectivity index (χ4v) is 4.61. The Hall–Kier alpha value is -2.84. The summed E-state index contributed by atoms with van der Waals surface area (Å²) in [6, 6.07) is 15.3. The molecule has 0 radical (unpaired) electrons. The van der Waals surface area contributed by atoms with Gasteiger partial charge in [0.1, 0.15) is 5.75 Å². The van der Waals surface area contributed by atoms with Gasteiger partial charge in [0.2, 0.25) is 11.8 Å². The van der Waals surface area contributed by atoms with Crippen molar-refractivity contribution >= 4 is 45.7 Å². The molecular weight excluding hydrogens is 442 g/mol. The van der Waals surface area contributed by atoms with E-state index in [4.69, 9.17) is 4.74 Å². The molecule has 8 heteroatoms. The van der Waals surface area contributed by atoms with Gasteiger partial charge in [-0.3, -0.25) is 9.59 Å². The molecule has 1 aliphatic carbocycles. The topological polar surface area (TPSA) is 80.3 Å². The van der Waals surface area contributed by atoms with Crippen molar-refractivity contribution in [2.75, 3.05) is 17.2 Å². The minimum absolute atomic E-state index is 0.0891. The van der Waals surface area contributed by atoms with E-state index in [9.17, 15) is 9.59 Å². The van der Waals surface area contributed by atoms with Gasteiger partial charge in [-0.15, -0.1) is 23.1 Å². The Morgan fingerprint density at radius 1 is 1.12 bits per heavy atom. The summed E-state index contributed by atoms with van der Waals surface area (Å²) in [5, 5.41) is 8.04. The number of hydrogen-bond donors (Lipinski definition) is 2. The van der Waals surface area contributed by atoms with E-state index in [1.807, 2.05) is 67.8 Å². The van der Waals surface area contributed by atoms with Crippen LogP contribution in [0.4, 0.5) is 10.8 Å². The Kier molecular flexibility index (Phi) is 7.12. The summed E-state index contributed by atoms with van der Waals surface area (Å²) >= 11 is 2.87. The number of aromatic nitrogens is 1. The van der Waals surface area contributed by atoms with Crippen molar-refractivity contribution in [3.05, 3.63) is 53.9 Å². The summed E-state index contributed by atoms with van der Waals surface area (Å²) in [4.78, 5) is 30.0. The van der Waals surface area contributed by atoms with E-state index >= 15 is 0 Å². The van der Waals surface area contributed by atoms with Gasteiger partial charge in [-0.05, 0) is 75.2 Å². The molecule has 6 nitrogen and oxygen atoms in total. The van der Waals surface area contributed by atoms with Crippen LogP contribution in [0.25, 0.3) is 11.3 Å². The average molecular weight is 468 g/mol. The van der Waals surface area contributed by atoms with Crippen LogP contribution in [0.15, 0.2) is 58.8 Å². The third-order valence-corrected chi connectivity index (χ3v) is 6.82. The summed E-state index contributed by atoms with van der Waals surface area (Å²) in [6.45, 7) is 4.44. The number of nitrogens with zero attached hydrogens (tertiary/aromatic N) is 1. The summed E-state index contributed by atoms with van der Waals surface area (Å²) < 4.78 is 5.47. The van der Waals surface area contributed by atoms with Crippen LogP contribution in [0.3, 0.4) is 0 Å². The lowest BCUT2D eigenvalue weighted by Crippen LogP contribution is -2.22. The number of benzene rings is 2. The number of thiazole rings is 1. The second-order valence-corrected chi connectivity index (χ2v) is 9.80. The van der Waals surface area contributed by atoms with E-state index in [1.165, 1.54) is 23.1 Å². The average Bonchev–Trinajstić information content (AvgIpc) is 3.55. The quantitative estimate of drug-likeness (QED) is 0.396. The highest BCUT2D eigenvalue weighted by Crippen LogP contribution is 2.31. The fourth-order valence-electron chi connectivity index (χ4n) is 3.02. The molecule has 1 unspecified atom stereocenters. The van der Waals surface area contributed by atoms with Gasteiger partial charge in [0.25, 0.3) is 0 Å². The van der Waals surface area contributed by atoms with Gasteiger partial charge in [-0.25, -0.2) is 4.98 Å². The molecule has 3 aromatic rings. The SMILES string of the molecule is CCOc1ccc(-c2csc(NC(=O)C(C)Sc3ccc(NC(=O)C4CC4)cc3)n2)cc1. The van der Waals surface area contributed by atoms with Crippen LogP contribution in [0, 0.1) is 5.92 Å². The first kappa shape index (κ1) is 22.4. The van der Waals surface area contributed by atoms with Gasteiger partial charge in [-0.1, -0.05) is 0 Å². The molecular formula is C24H25N3O3S2. The highest BCUT2D eigenvalue weighted by Gasteiger charge is 2.29. The molecule has 1 aromatic heterocycles. The molecule has 2 amide bonds. The van der Waals surface area contributed by atoms with Gasteiger partial charge in [0.15, 0.2) is 5.13 Å². The van der Waals surface area contributed by atoms with Crippen molar-refractivity contribution in [3.8, 4) is 17.0 Å². The molecule has 2 N–H and O–H groups in total. The van der Waals surface area contributed by atoms with Crippen molar-refractivity contribution in [1.82, 2.24) is 4.98 Å². The molecule has 32 heavy (non-hydrogen) atoms. The van der Waals surface area contributed by atoms with Crippen molar-refractivity contribution in [2.24, 2.45) is 5.92 Å². The van der Waals surface area contributed by atoms with Crippen LogP contribution in [-0.4, -0.2) is 28.7 Å². The first-order valence-electron chi connectivity index (χ1n) is 10.6. The zero-order valence-corrected chi connectivity index (χ0v) is 19.6. The van der Waals surface area contributed by atoms with E-state index in [1.54, 1.807) is 0 Å². The van der Waals surface area contributed by atoms with Crippen LogP contribution >= 0.6 is 23.1 Å². The molecule has 1 saturated carbocycles. The Balaban J connectivity index is 1.30. The van der Waals surface area contributed by atoms with E-state index in [2.05, 4.69) is 15.6 Å². The van der Waals surface area contributed by atoms with Crippen LogP contribution in [0.5, 0.6) is 5.75 Å². The van der Waals surface area contributed by atoms with Crippen molar-refractivity contribution in [2.45, 2.75) is 36.8 Å². The molecule has 1 atom stereocenters. The lowest BCUT2D eigenvalue weighted by Gasteiger charge is -2.11. The molecule has 1 aliphatic rings. The molecule has 4 rings (SSSR count). The number of hydrogen-bond acceptors (Lipinski definition) is 6. The number of carbonyl (C=O) groups excluding carboxylic acids is 2. The molecule has 0 saturated heterocycles. The van der Waals surface area contributed by atoms with Crippen molar-refractivity contribution in [1.29, 1.82) is 0 Å². The number of carbonyl (C=O) groups is 2. The van der Waals surface area contributed by atoms with Crippen LogP contribution in [-0.2, 0) is 9.59 Å². The predicted octanol–water partition coefficient (Wildman–Crippen LogP) is 5.68. The normalized spacial score (nSPS) is 13.9. The van der Waals surface area contributed by atoms with Crippen molar-refractivity contribution < 1.29 is 14.3 Å². The largest absolute Gasteiger partial charge is 0.494 e. The smallest absolute Gasteiger partial charge is 0.239 e. The highest BCUT2D eigenvalue weighted by atomic mass is 32.2. The number of nitrogens with one attached hydrogen (secondary N) is 2. The maximum Gasteiger partial charge on any atom is 0.239 e. The predicted molar refractivity (Wildman–Crippen MR) is 130 cm³/mol. The second-order valence-electron chi connectivity index (χ2n) is 7.53. The first-order chi connectivity index (χ1) is 15.5. The molecule has 0 bridgehead atoms. The monoisotopic (exact) mass is 467 g/mol. The Morgan fingerprint density at radius 2 is 1.84 bits per heavy atom. The van der Waals surface area contributed by atoms with Crippen LogP contribution < -0.4 is 15.4 Å². The Morgan fingerprint density at radius 3 is 2.50 bits per heavy atom.